The SMILES string of the molecule is COC(=O)C[C@@H]1CS(=O)(=O)CC[C@H]1C(=O)O. The fraction of sp³-hybridized carbons (Fsp3) is 0.778. The summed E-state index contributed by atoms with van der Waals surface area (Å²) >= 11 is 0. The highest BCUT2D eigenvalue weighted by Crippen LogP contribution is 2.28. The first-order chi connectivity index (χ1) is 7.35. The number of carboxylic acids is 1. The topological polar surface area (TPSA) is 97.7 Å². The molecular weight excluding hydrogens is 236 g/mol. The molecule has 0 unspecified atom stereocenters. The van der Waals surface area contributed by atoms with Crippen LogP contribution in [0.25, 0.3) is 0 Å². The number of carbonyl (C=O) groups excluding carboxylic acids is 1. The van der Waals surface area contributed by atoms with E-state index in [0.717, 1.165) is 0 Å². The fourth-order valence-electron chi connectivity index (χ4n) is 1.89. The van der Waals surface area contributed by atoms with Gasteiger partial charge in [0.2, 0.25) is 0 Å². The first kappa shape index (κ1) is 13.0. The number of aliphatic carboxylic acids is 1. The zero-order valence-electron chi connectivity index (χ0n) is 8.88. The highest BCUT2D eigenvalue weighted by molar-refractivity contribution is 7.91. The summed E-state index contributed by atoms with van der Waals surface area (Å²) in [5.74, 6) is -3.45. The summed E-state index contributed by atoms with van der Waals surface area (Å²) in [5.41, 5.74) is 0. The second-order valence-corrected chi connectivity index (χ2v) is 6.12. The lowest BCUT2D eigenvalue weighted by molar-refractivity contribution is -0.146. The molecule has 16 heavy (non-hydrogen) atoms. The third-order valence-corrected chi connectivity index (χ3v) is 4.54. The molecule has 0 aromatic heterocycles. The number of methoxy groups -OCH3 is 1. The van der Waals surface area contributed by atoms with Crippen molar-refractivity contribution in [3.8, 4) is 0 Å². The van der Waals surface area contributed by atoms with E-state index in [1.807, 2.05) is 0 Å². The predicted molar refractivity (Wildman–Crippen MR) is 54.5 cm³/mol. The molecule has 0 aromatic rings. The summed E-state index contributed by atoms with van der Waals surface area (Å²) in [6.45, 7) is 0. The molecule has 2 atom stereocenters. The van der Waals surface area contributed by atoms with E-state index < -0.39 is 33.6 Å². The zero-order valence-corrected chi connectivity index (χ0v) is 9.70. The number of carbonyl (C=O) groups is 2. The monoisotopic (exact) mass is 250 g/mol. The third kappa shape index (κ3) is 3.19. The molecule has 0 radical (unpaired) electrons. The van der Waals surface area contributed by atoms with E-state index in [4.69, 9.17) is 5.11 Å². The van der Waals surface area contributed by atoms with Crippen molar-refractivity contribution in [1.82, 2.24) is 0 Å². The molecule has 0 saturated carbocycles. The number of sulfone groups is 1. The van der Waals surface area contributed by atoms with E-state index in [-0.39, 0.29) is 24.3 Å². The average molecular weight is 250 g/mol. The predicted octanol–water partition coefficient (Wildman–Crippen LogP) is -0.315. The van der Waals surface area contributed by atoms with Gasteiger partial charge in [-0.1, -0.05) is 0 Å². The van der Waals surface area contributed by atoms with E-state index in [2.05, 4.69) is 4.74 Å². The second kappa shape index (κ2) is 4.82. The molecule has 1 fully saturated rings. The number of ether oxygens (including phenoxy) is 1. The fourth-order valence-corrected chi connectivity index (χ4v) is 3.67. The second-order valence-electron chi connectivity index (χ2n) is 3.89. The first-order valence-corrected chi connectivity index (χ1v) is 6.68. The summed E-state index contributed by atoms with van der Waals surface area (Å²) in [6.07, 6.45) is -0.0912. The lowest BCUT2D eigenvalue weighted by Gasteiger charge is -2.27. The summed E-state index contributed by atoms with van der Waals surface area (Å²) < 4.78 is 27.1. The van der Waals surface area contributed by atoms with Gasteiger partial charge in [-0.15, -0.1) is 0 Å². The molecule has 0 aromatic carbocycles. The van der Waals surface area contributed by atoms with Gasteiger partial charge in [-0.3, -0.25) is 9.59 Å². The van der Waals surface area contributed by atoms with Crippen molar-refractivity contribution < 1.29 is 27.9 Å². The number of hydrogen-bond donors (Lipinski definition) is 1. The Morgan fingerprint density at radius 1 is 1.44 bits per heavy atom. The summed E-state index contributed by atoms with van der Waals surface area (Å²) in [4.78, 5) is 21.9. The van der Waals surface area contributed by atoms with Crippen LogP contribution in [0.5, 0.6) is 0 Å². The maximum atomic E-state index is 11.4. The molecule has 1 N–H and O–H groups in total. The Hall–Kier alpha value is -1.11. The normalized spacial score (nSPS) is 28.3. The van der Waals surface area contributed by atoms with E-state index in [1.54, 1.807) is 0 Å². The molecule has 7 heteroatoms. The van der Waals surface area contributed by atoms with Crippen LogP contribution in [0.3, 0.4) is 0 Å². The minimum Gasteiger partial charge on any atom is -0.481 e. The molecule has 92 valence electrons. The van der Waals surface area contributed by atoms with E-state index in [0.29, 0.717) is 0 Å². The lowest BCUT2D eigenvalue weighted by atomic mass is 9.88. The van der Waals surface area contributed by atoms with E-state index in [1.165, 1.54) is 7.11 Å². The molecule has 1 heterocycles. The van der Waals surface area contributed by atoms with Gasteiger partial charge < -0.3 is 9.84 Å². The number of hydrogen-bond acceptors (Lipinski definition) is 5. The van der Waals surface area contributed by atoms with Crippen molar-refractivity contribution in [2.45, 2.75) is 12.8 Å². The minimum absolute atomic E-state index is 0.0688. The highest BCUT2D eigenvalue weighted by atomic mass is 32.2. The van der Waals surface area contributed by atoms with Gasteiger partial charge in [0.25, 0.3) is 0 Å². The maximum absolute atomic E-state index is 11.4. The van der Waals surface area contributed by atoms with Crippen LogP contribution < -0.4 is 0 Å². The van der Waals surface area contributed by atoms with E-state index >= 15 is 0 Å². The Balaban J connectivity index is 2.80. The van der Waals surface area contributed by atoms with Gasteiger partial charge in [0.1, 0.15) is 0 Å². The van der Waals surface area contributed by atoms with Crippen LogP contribution in [-0.4, -0.2) is 44.1 Å². The van der Waals surface area contributed by atoms with E-state index in [9.17, 15) is 18.0 Å². The summed E-state index contributed by atoms with van der Waals surface area (Å²) in [7, 11) is -2.03. The molecular formula is C9H14O6S. The highest BCUT2D eigenvalue weighted by Gasteiger charge is 2.38. The van der Waals surface area contributed by atoms with Crippen LogP contribution in [-0.2, 0) is 24.2 Å². The van der Waals surface area contributed by atoms with Gasteiger partial charge in [-0.25, -0.2) is 8.42 Å². The van der Waals surface area contributed by atoms with Gasteiger partial charge in [0.15, 0.2) is 9.84 Å². The van der Waals surface area contributed by atoms with Crippen molar-refractivity contribution in [3.05, 3.63) is 0 Å². The van der Waals surface area contributed by atoms with Crippen LogP contribution in [0.4, 0.5) is 0 Å². The molecule has 1 aliphatic rings. The molecule has 0 amide bonds. The molecule has 1 rings (SSSR count). The largest absolute Gasteiger partial charge is 0.481 e. The van der Waals surface area contributed by atoms with Gasteiger partial charge in [-0.2, -0.15) is 0 Å². The number of rotatable bonds is 3. The van der Waals surface area contributed by atoms with Crippen LogP contribution in [0.2, 0.25) is 0 Å². The summed E-state index contributed by atoms with van der Waals surface area (Å²) in [5, 5.41) is 8.92. The smallest absolute Gasteiger partial charge is 0.306 e. The minimum atomic E-state index is -3.22. The molecule has 0 bridgehead atoms. The van der Waals surface area contributed by atoms with Crippen LogP contribution in [0.1, 0.15) is 12.8 Å². The third-order valence-electron chi connectivity index (χ3n) is 2.75. The van der Waals surface area contributed by atoms with Crippen molar-refractivity contribution >= 4 is 21.8 Å². The molecule has 1 saturated heterocycles. The van der Waals surface area contributed by atoms with Gasteiger partial charge in [0, 0.05) is 0 Å². The van der Waals surface area contributed by atoms with Gasteiger partial charge >= 0.3 is 11.9 Å². The van der Waals surface area contributed by atoms with Gasteiger partial charge in [0.05, 0.1) is 31.0 Å². The zero-order chi connectivity index (χ0) is 12.3. The Kier molecular flexibility index (Phi) is 3.90. The number of esters is 1. The first-order valence-electron chi connectivity index (χ1n) is 4.86. The molecule has 0 spiro atoms. The van der Waals surface area contributed by atoms with Gasteiger partial charge in [-0.05, 0) is 12.3 Å². The Labute approximate surface area is 93.5 Å². The van der Waals surface area contributed by atoms with Crippen molar-refractivity contribution in [2.75, 3.05) is 18.6 Å². The molecule has 0 aliphatic carbocycles. The standard InChI is InChI=1S/C9H14O6S/c1-15-8(10)4-6-5-16(13,14)3-2-7(6)9(11)12/h6-7H,2-5H2,1H3,(H,11,12)/t6-,7-/m1/s1. The van der Waals surface area contributed by atoms with Crippen molar-refractivity contribution in [1.29, 1.82) is 0 Å². The molecule has 6 nitrogen and oxygen atoms in total. The van der Waals surface area contributed by atoms with Crippen molar-refractivity contribution in [2.24, 2.45) is 11.8 Å². The van der Waals surface area contributed by atoms with Crippen LogP contribution >= 0.6 is 0 Å². The summed E-state index contributed by atoms with van der Waals surface area (Å²) in [6, 6.07) is 0. The Morgan fingerprint density at radius 2 is 2.06 bits per heavy atom. The van der Waals surface area contributed by atoms with Crippen LogP contribution in [0, 0.1) is 11.8 Å². The molecule has 1 aliphatic heterocycles. The Morgan fingerprint density at radius 3 is 2.56 bits per heavy atom. The van der Waals surface area contributed by atoms with Crippen molar-refractivity contribution in [3.63, 3.8) is 0 Å². The van der Waals surface area contributed by atoms with Crippen LogP contribution in [0.15, 0.2) is 0 Å². The Bertz CT molecular complexity index is 385. The maximum Gasteiger partial charge on any atom is 0.306 e. The average Bonchev–Trinajstić information content (AvgIpc) is 2.15. The lowest BCUT2D eigenvalue weighted by Crippen LogP contribution is -2.38. The number of carboxylic acid groups (broad SMARTS) is 1. The quantitative estimate of drug-likeness (QED) is 0.690.